The van der Waals surface area contributed by atoms with Gasteiger partial charge in [0.1, 0.15) is 0 Å². The minimum atomic E-state index is -0.154. The molecule has 0 unspecified atom stereocenters. The van der Waals surface area contributed by atoms with Gasteiger partial charge >= 0.3 is 0 Å². The van der Waals surface area contributed by atoms with Gasteiger partial charge in [-0.15, -0.1) is 0 Å². The number of ketones is 1. The molecule has 108 valence electrons. The zero-order chi connectivity index (χ0) is 14.5. The Morgan fingerprint density at radius 1 is 1.40 bits per heavy atom. The first kappa shape index (κ1) is 14.7. The maximum Gasteiger partial charge on any atom is 0.238 e. The lowest BCUT2D eigenvalue weighted by atomic mass is 10.1. The van der Waals surface area contributed by atoms with Crippen molar-refractivity contribution >= 4 is 17.4 Å². The minimum absolute atomic E-state index is 0.0730. The van der Waals surface area contributed by atoms with Gasteiger partial charge in [-0.3, -0.25) is 14.5 Å². The summed E-state index contributed by atoms with van der Waals surface area (Å²) in [5.74, 6) is -0.227. The predicted octanol–water partition coefficient (Wildman–Crippen LogP) is 1.28. The van der Waals surface area contributed by atoms with Gasteiger partial charge in [0.25, 0.3) is 0 Å². The van der Waals surface area contributed by atoms with Gasteiger partial charge in [-0.25, -0.2) is 0 Å². The van der Waals surface area contributed by atoms with Crippen LogP contribution in [0.5, 0.6) is 0 Å². The molecule has 1 amide bonds. The number of anilines is 1. The maximum absolute atomic E-state index is 12.1. The van der Waals surface area contributed by atoms with Crippen LogP contribution in [0.1, 0.15) is 30.1 Å². The van der Waals surface area contributed by atoms with Crippen molar-refractivity contribution in [3.05, 3.63) is 29.8 Å². The van der Waals surface area contributed by atoms with E-state index in [1.807, 2.05) is 4.90 Å². The quantitative estimate of drug-likeness (QED) is 0.795. The zero-order valence-electron chi connectivity index (χ0n) is 11.6. The molecule has 0 spiro atoms. The molecule has 1 aromatic rings. The molecular weight excluding hydrogens is 256 g/mol. The van der Waals surface area contributed by atoms with Crippen LogP contribution in [0.4, 0.5) is 5.69 Å². The Hall–Kier alpha value is -1.72. The molecule has 2 rings (SSSR count). The van der Waals surface area contributed by atoms with Crippen LogP contribution in [0.25, 0.3) is 0 Å². The maximum atomic E-state index is 12.1. The van der Waals surface area contributed by atoms with E-state index in [0.717, 1.165) is 19.4 Å². The summed E-state index contributed by atoms with van der Waals surface area (Å²) in [5.41, 5.74) is 1.06. The fraction of sp³-hybridized carbons (Fsp3) is 0.467. The van der Waals surface area contributed by atoms with Gasteiger partial charge in [-0.2, -0.15) is 0 Å². The van der Waals surface area contributed by atoms with Crippen LogP contribution in [-0.2, 0) is 4.79 Å². The highest BCUT2D eigenvalue weighted by molar-refractivity contribution is 6.04. The van der Waals surface area contributed by atoms with Crippen molar-refractivity contribution in [2.75, 3.05) is 25.0 Å². The number of carbonyl (C=O) groups excluding carboxylic acids is 2. The number of aliphatic hydroxyl groups excluding tert-OH is 1. The summed E-state index contributed by atoms with van der Waals surface area (Å²) in [6.45, 7) is 2.63. The molecule has 2 N–H and O–H groups in total. The third kappa shape index (κ3) is 3.43. The molecule has 1 atom stereocenters. The lowest BCUT2D eigenvalue weighted by Crippen LogP contribution is -2.38. The summed E-state index contributed by atoms with van der Waals surface area (Å²) in [7, 11) is 0. The molecule has 0 radical (unpaired) electrons. The zero-order valence-corrected chi connectivity index (χ0v) is 11.6. The number of amides is 1. The highest BCUT2D eigenvalue weighted by Gasteiger charge is 2.25. The van der Waals surface area contributed by atoms with Gasteiger partial charge in [0, 0.05) is 11.6 Å². The predicted molar refractivity (Wildman–Crippen MR) is 76.8 cm³/mol. The van der Waals surface area contributed by atoms with Gasteiger partial charge in [0.15, 0.2) is 5.78 Å². The van der Waals surface area contributed by atoms with Crippen LogP contribution in [0.2, 0.25) is 0 Å². The van der Waals surface area contributed by atoms with E-state index in [9.17, 15) is 14.7 Å². The van der Waals surface area contributed by atoms with Crippen LogP contribution < -0.4 is 5.32 Å². The standard InChI is InChI=1S/C15H20N2O3/c1-11(19)13-6-2-3-7-14(13)16-15(20)9-17-8-4-5-12(17)10-18/h2-3,6-7,12,18H,4-5,8-10H2,1H3,(H,16,20)/t12-/m0/s1. The first-order chi connectivity index (χ1) is 9.61. The highest BCUT2D eigenvalue weighted by atomic mass is 16.3. The molecule has 5 heteroatoms. The van der Waals surface area contributed by atoms with E-state index in [4.69, 9.17) is 0 Å². The van der Waals surface area contributed by atoms with Crippen LogP contribution in [0, 0.1) is 0 Å². The average molecular weight is 276 g/mol. The molecule has 5 nitrogen and oxygen atoms in total. The molecule has 20 heavy (non-hydrogen) atoms. The summed E-state index contributed by atoms with van der Waals surface area (Å²) < 4.78 is 0. The fourth-order valence-corrected chi connectivity index (χ4v) is 2.58. The minimum Gasteiger partial charge on any atom is -0.395 e. The van der Waals surface area contributed by atoms with Crippen molar-refractivity contribution in [2.45, 2.75) is 25.8 Å². The number of benzene rings is 1. The normalized spacial score (nSPS) is 19.0. The number of Topliss-reactive ketones (excluding diaryl/α,β-unsaturated/α-hetero) is 1. The summed E-state index contributed by atoms with van der Waals surface area (Å²) in [4.78, 5) is 25.5. The molecule has 0 aliphatic carbocycles. The van der Waals surface area contributed by atoms with E-state index in [0.29, 0.717) is 11.3 Å². The molecule has 0 bridgehead atoms. The number of nitrogens with zero attached hydrogens (tertiary/aromatic N) is 1. The smallest absolute Gasteiger partial charge is 0.238 e. The molecule has 1 saturated heterocycles. The Bertz CT molecular complexity index is 502. The van der Waals surface area contributed by atoms with Crippen molar-refractivity contribution in [2.24, 2.45) is 0 Å². The number of nitrogens with one attached hydrogen (secondary N) is 1. The van der Waals surface area contributed by atoms with Gasteiger partial charge < -0.3 is 10.4 Å². The van der Waals surface area contributed by atoms with E-state index in [1.165, 1.54) is 6.92 Å². The third-order valence-corrected chi connectivity index (χ3v) is 3.64. The van der Waals surface area contributed by atoms with Crippen molar-refractivity contribution in [1.82, 2.24) is 4.90 Å². The number of aliphatic hydroxyl groups is 1. The van der Waals surface area contributed by atoms with E-state index in [2.05, 4.69) is 5.32 Å². The number of hydrogen-bond donors (Lipinski definition) is 2. The van der Waals surface area contributed by atoms with Crippen LogP contribution in [0.3, 0.4) is 0 Å². The van der Waals surface area contributed by atoms with Crippen molar-refractivity contribution in [1.29, 1.82) is 0 Å². The van der Waals surface area contributed by atoms with Gasteiger partial charge in [-0.05, 0) is 38.4 Å². The molecule has 1 aliphatic heterocycles. The average Bonchev–Trinajstić information content (AvgIpc) is 2.86. The summed E-state index contributed by atoms with van der Waals surface area (Å²) in [6, 6.07) is 7.05. The SMILES string of the molecule is CC(=O)c1ccccc1NC(=O)CN1CCC[C@H]1CO. The van der Waals surface area contributed by atoms with Gasteiger partial charge in [0.05, 0.1) is 18.8 Å². The first-order valence-corrected chi connectivity index (χ1v) is 6.86. The molecule has 1 aliphatic rings. The second kappa shape index (κ2) is 6.63. The van der Waals surface area contributed by atoms with E-state index >= 15 is 0 Å². The molecule has 1 aromatic carbocycles. The lowest BCUT2D eigenvalue weighted by molar-refractivity contribution is -0.117. The van der Waals surface area contributed by atoms with Crippen LogP contribution in [0.15, 0.2) is 24.3 Å². The molecular formula is C15H20N2O3. The van der Waals surface area contributed by atoms with Gasteiger partial charge in [-0.1, -0.05) is 12.1 Å². The number of carbonyl (C=O) groups is 2. The lowest BCUT2D eigenvalue weighted by Gasteiger charge is -2.22. The van der Waals surface area contributed by atoms with Gasteiger partial charge in [0.2, 0.25) is 5.91 Å². The van der Waals surface area contributed by atoms with E-state index in [-0.39, 0.29) is 30.9 Å². The summed E-state index contributed by atoms with van der Waals surface area (Å²) >= 11 is 0. The Morgan fingerprint density at radius 3 is 2.85 bits per heavy atom. The number of likely N-dealkylation sites (tertiary alicyclic amines) is 1. The fourth-order valence-electron chi connectivity index (χ4n) is 2.58. The Kier molecular flexibility index (Phi) is 4.87. The number of hydrogen-bond acceptors (Lipinski definition) is 4. The van der Waals surface area contributed by atoms with Crippen molar-refractivity contribution in [3.63, 3.8) is 0 Å². The summed E-state index contributed by atoms with van der Waals surface area (Å²) in [6.07, 6.45) is 1.93. The monoisotopic (exact) mass is 276 g/mol. The largest absolute Gasteiger partial charge is 0.395 e. The number of para-hydroxylation sites is 1. The highest BCUT2D eigenvalue weighted by Crippen LogP contribution is 2.18. The second-order valence-corrected chi connectivity index (χ2v) is 5.10. The molecule has 1 fully saturated rings. The van der Waals surface area contributed by atoms with E-state index < -0.39 is 0 Å². The van der Waals surface area contributed by atoms with E-state index in [1.54, 1.807) is 24.3 Å². The first-order valence-electron chi connectivity index (χ1n) is 6.86. The molecule has 0 saturated carbocycles. The Balaban J connectivity index is 2.00. The van der Waals surface area contributed by atoms with Crippen LogP contribution >= 0.6 is 0 Å². The Labute approximate surface area is 118 Å². The number of rotatable bonds is 5. The van der Waals surface area contributed by atoms with Crippen LogP contribution in [-0.4, -0.2) is 47.4 Å². The second-order valence-electron chi connectivity index (χ2n) is 5.10. The van der Waals surface area contributed by atoms with Crippen molar-refractivity contribution < 1.29 is 14.7 Å². The topological polar surface area (TPSA) is 69.6 Å². The Morgan fingerprint density at radius 2 is 2.15 bits per heavy atom. The summed E-state index contributed by atoms with van der Waals surface area (Å²) in [5, 5.41) is 12.0. The third-order valence-electron chi connectivity index (χ3n) is 3.64. The molecule has 0 aromatic heterocycles. The molecule has 1 heterocycles. The van der Waals surface area contributed by atoms with Crippen molar-refractivity contribution in [3.8, 4) is 0 Å².